The number of benzene rings is 2. The molecule has 3 rings (SSSR count). The third kappa shape index (κ3) is 8.17. The van der Waals surface area contributed by atoms with Crippen molar-refractivity contribution >= 4 is 41.6 Å². The van der Waals surface area contributed by atoms with Gasteiger partial charge in [0.1, 0.15) is 24.5 Å². The minimum atomic E-state index is -0.952. The van der Waals surface area contributed by atoms with Gasteiger partial charge in [-0.2, -0.15) is 0 Å². The number of aliphatic carboxylic acids is 1. The van der Waals surface area contributed by atoms with Crippen molar-refractivity contribution in [2.24, 2.45) is 0 Å². The van der Waals surface area contributed by atoms with E-state index in [2.05, 4.69) is 5.32 Å². The van der Waals surface area contributed by atoms with Crippen LogP contribution in [0.25, 0.3) is 0 Å². The fourth-order valence-corrected chi connectivity index (χ4v) is 3.76. The first-order valence-corrected chi connectivity index (χ1v) is 10.7. The number of carbonyl (C=O) groups is 2. The number of anilines is 1. The van der Waals surface area contributed by atoms with E-state index < -0.39 is 18.1 Å². The highest BCUT2D eigenvalue weighted by Crippen LogP contribution is 2.25. The fraction of sp³-hybridized carbons (Fsp3) is 0.391. The molecule has 33 heavy (non-hydrogen) atoms. The Labute approximate surface area is 203 Å². The van der Waals surface area contributed by atoms with Crippen molar-refractivity contribution in [3.05, 3.63) is 59.1 Å². The number of nitrogens with zero attached hydrogens (tertiary/aromatic N) is 1. The van der Waals surface area contributed by atoms with Gasteiger partial charge in [0.05, 0.1) is 18.4 Å². The van der Waals surface area contributed by atoms with E-state index in [9.17, 15) is 19.8 Å². The second kappa shape index (κ2) is 12.8. The van der Waals surface area contributed by atoms with Crippen molar-refractivity contribution in [1.82, 2.24) is 4.90 Å². The number of hydrogen-bond acceptors (Lipinski definition) is 6. The summed E-state index contributed by atoms with van der Waals surface area (Å²) in [5, 5.41) is 23.4. The van der Waals surface area contributed by atoms with Crippen LogP contribution in [0, 0.1) is 0 Å². The molecule has 0 saturated carbocycles. The number of hydrogen-bond donors (Lipinski definition) is 3. The van der Waals surface area contributed by atoms with Gasteiger partial charge in [-0.05, 0) is 29.8 Å². The molecule has 1 amide bonds. The van der Waals surface area contributed by atoms with Crippen LogP contribution in [0.15, 0.2) is 48.5 Å². The maximum atomic E-state index is 11.7. The summed E-state index contributed by atoms with van der Waals surface area (Å²) in [4.78, 5) is 24.7. The molecule has 180 valence electrons. The van der Waals surface area contributed by atoms with Crippen molar-refractivity contribution in [3.63, 3.8) is 0 Å². The summed E-state index contributed by atoms with van der Waals surface area (Å²) in [5.74, 6) is -0.749. The third-order valence-corrected chi connectivity index (χ3v) is 5.38. The number of carbonyl (C=O) groups excluding carboxylic acids is 1. The summed E-state index contributed by atoms with van der Waals surface area (Å²) in [6.07, 6.45) is -0.848. The predicted molar refractivity (Wildman–Crippen MR) is 127 cm³/mol. The smallest absolute Gasteiger partial charge is 0.321 e. The van der Waals surface area contributed by atoms with Crippen LogP contribution in [-0.4, -0.2) is 64.9 Å². The number of likely N-dealkylation sites (tertiary alicyclic amines) is 1. The molecule has 1 aliphatic heterocycles. The first kappa shape index (κ1) is 26.9. The van der Waals surface area contributed by atoms with Crippen molar-refractivity contribution in [2.45, 2.75) is 38.2 Å². The van der Waals surface area contributed by atoms with Crippen molar-refractivity contribution in [2.75, 3.05) is 25.0 Å². The summed E-state index contributed by atoms with van der Waals surface area (Å²) >= 11 is 5.89. The molecule has 2 aromatic rings. The second-order valence-corrected chi connectivity index (χ2v) is 8.18. The van der Waals surface area contributed by atoms with Gasteiger partial charge in [0, 0.05) is 31.5 Å². The lowest BCUT2D eigenvalue weighted by atomic mass is 10.2. The van der Waals surface area contributed by atoms with E-state index in [0.29, 0.717) is 36.0 Å². The van der Waals surface area contributed by atoms with Crippen LogP contribution in [-0.2, 0) is 20.9 Å². The highest BCUT2D eigenvalue weighted by molar-refractivity contribution is 6.30. The Morgan fingerprint density at radius 2 is 1.91 bits per heavy atom. The van der Waals surface area contributed by atoms with Crippen LogP contribution < -0.4 is 10.1 Å². The molecule has 0 radical (unpaired) electrons. The van der Waals surface area contributed by atoms with Crippen LogP contribution in [0.2, 0.25) is 5.02 Å². The van der Waals surface area contributed by atoms with Gasteiger partial charge in [0.25, 0.3) is 0 Å². The zero-order chi connectivity index (χ0) is 23.1. The highest BCUT2D eigenvalue weighted by Gasteiger charge is 2.38. The molecule has 1 saturated heterocycles. The van der Waals surface area contributed by atoms with Crippen LogP contribution in [0.3, 0.4) is 0 Å². The lowest BCUT2D eigenvalue weighted by molar-refractivity contribution is -0.142. The maximum Gasteiger partial charge on any atom is 0.321 e. The topological polar surface area (TPSA) is 108 Å². The Morgan fingerprint density at radius 1 is 1.21 bits per heavy atom. The average molecular weight is 499 g/mol. The molecule has 3 atom stereocenters. The van der Waals surface area contributed by atoms with E-state index in [1.807, 2.05) is 12.1 Å². The largest absolute Gasteiger partial charge is 0.489 e. The summed E-state index contributed by atoms with van der Waals surface area (Å²) < 4.78 is 11.6. The monoisotopic (exact) mass is 498 g/mol. The van der Waals surface area contributed by atoms with Gasteiger partial charge >= 0.3 is 5.97 Å². The van der Waals surface area contributed by atoms with E-state index in [-0.39, 0.29) is 37.6 Å². The Morgan fingerprint density at radius 3 is 2.58 bits per heavy atom. The minimum Gasteiger partial charge on any atom is -0.489 e. The maximum absolute atomic E-state index is 11.7. The second-order valence-electron chi connectivity index (χ2n) is 7.75. The van der Waals surface area contributed by atoms with E-state index >= 15 is 0 Å². The van der Waals surface area contributed by atoms with Crippen molar-refractivity contribution in [3.8, 4) is 5.75 Å². The fourth-order valence-electron chi connectivity index (χ4n) is 3.63. The summed E-state index contributed by atoms with van der Waals surface area (Å²) in [6, 6.07) is 13.5. The number of para-hydroxylation sites is 2. The number of ether oxygens (including phenoxy) is 2. The van der Waals surface area contributed by atoms with E-state index in [0.717, 1.165) is 5.56 Å². The summed E-state index contributed by atoms with van der Waals surface area (Å²) in [5.41, 5.74) is 1.46. The van der Waals surface area contributed by atoms with E-state index in [1.54, 1.807) is 41.3 Å². The Bertz CT molecular complexity index is 927. The number of rotatable bonds is 10. The quantitative estimate of drug-likeness (QED) is 0.461. The first-order valence-electron chi connectivity index (χ1n) is 10.3. The number of carboxylic acids is 1. The molecular weight excluding hydrogens is 471 g/mol. The van der Waals surface area contributed by atoms with Gasteiger partial charge in [-0.25, -0.2) is 0 Å². The van der Waals surface area contributed by atoms with Crippen molar-refractivity contribution < 1.29 is 29.3 Å². The Balaban J connectivity index is 0.00000385. The van der Waals surface area contributed by atoms with Crippen LogP contribution >= 0.6 is 24.0 Å². The van der Waals surface area contributed by atoms with Gasteiger partial charge in [0.15, 0.2) is 0 Å². The highest BCUT2D eigenvalue weighted by atomic mass is 35.5. The lowest BCUT2D eigenvalue weighted by Crippen LogP contribution is -2.42. The van der Waals surface area contributed by atoms with Crippen LogP contribution in [0.1, 0.15) is 18.9 Å². The van der Waals surface area contributed by atoms with Gasteiger partial charge in [0.2, 0.25) is 5.91 Å². The number of β-amino-alcohol motifs (C(OH)–C–C–N with tert-alkyl or cyclic N) is 1. The van der Waals surface area contributed by atoms with Gasteiger partial charge in [-0.1, -0.05) is 35.9 Å². The minimum absolute atomic E-state index is 0. The molecular formula is C23H28Cl2N2O6. The third-order valence-electron chi connectivity index (χ3n) is 5.12. The Kier molecular flexibility index (Phi) is 10.4. The molecule has 0 spiro atoms. The standard InChI is InChI=1S/C23H27ClN2O6.ClH/c1-15(27)25-20-4-2-3-5-22(20)32-14-18(28)11-26-12-19(10-21(26)23(29)30)31-13-16-6-8-17(24)9-7-16;/h2-9,18-19,21,28H,10-14H2,1H3,(H,25,27)(H,29,30);1H/t18?,19-,21+;/m1./s1. The Hall–Kier alpha value is -2.36. The molecule has 1 fully saturated rings. The molecule has 3 N–H and O–H groups in total. The van der Waals surface area contributed by atoms with E-state index in [1.165, 1.54) is 6.92 Å². The lowest BCUT2D eigenvalue weighted by Gasteiger charge is -2.24. The van der Waals surface area contributed by atoms with Gasteiger partial charge in [-0.15, -0.1) is 12.4 Å². The summed E-state index contributed by atoms with van der Waals surface area (Å²) in [7, 11) is 0. The molecule has 0 aromatic heterocycles. The predicted octanol–water partition coefficient (Wildman–Crippen LogP) is 3.20. The molecule has 0 bridgehead atoms. The van der Waals surface area contributed by atoms with Crippen LogP contribution in [0.4, 0.5) is 5.69 Å². The van der Waals surface area contributed by atoms with E-state index in [4.69, 9.17) is 21.1 Å². The average Bonchev–Trinajstić information content (AvgIpc) is 3.15. The zero-order valence-electron chi connectivity index (χ0n) is 18.1. The first-order chi connectivity index (χ1) is 15.3. The SMILES string of the molecule is CC(=O)Nc1ccccc1OCC(O)CN1C[C@H](OCc2ccc(Cl)cc2)C[C@H]1C(=O)O.Cl. The molecule has 8 nitrogen and oxygen atoms in total. The zero-order valence-corrected chi connectivity index (χ0v) is 19.7. The molecule has 1 heterocycles. The number of nitrogens with one attached hydrogen (secondary N) is 1. The number of halogens is 2. The number of aliphatic hydroxyl groups is 1. The molecule has 10 heteroatoms. The van der Waals surface area contributed by atoms with Crippen LogP contribution in [0.5, 0.6) is 5.75 Å². The molecule has 1 aliphatic rings. The number of carboxylic acid groups (broad SMARTS) is 1. The number of aliphatic hydroxyl groups excluding tert-OH is 1. The number of amides is 1. The normalized spacial score (nSPS) is 18.9. The molecule has 0 aliphatic carbocycles. The van der Waals surface area contributed by atoms with Crippen molar-refractivity contribution in [1.29, 1.82) is 0 Å². The van der Waals surface area contributed by atoms with Gasteiger partial charge in [-0.3, -0.25) is 14.5 Å². The molecule has 2 aromatic carbocycles. The molecule has 1 unspecified atom stereocenters. The van der Waals surface area contributed by atoms with Gasteiger partial charge < -0.3 is 25.0 Å². The summed E-state index contributed by atoms with van der Waals surface area (Å²) in [6.45, 7) is 2.23.